The third kappa shape index (κ3) is 2.80. The predicted octanol–water partition coefficient (Wildman–Crippen LogP) is -4.29. The van der Waals surface area contributed by atoms with Gasteiger partial charge in [0.2, 0.25) is 0 Å². The normalized spacial score (nSPS) is 12.6. The van der Waals surface area contributed by atoms with Crippen LogP contribution in [-0.2, 0) is 10.2 Å². The second-order valence-electron chi connectivity index (χ2n) is 6.08. The molecule has 0 aliphatic rings. The molecule has 1 aromatic carbocycles. The molecule has 0 heterocycles. The van der Waals surface area contributed by atoms with Gasteiger partial charge in [-0.1, -0.05) is 45.6 Å². The van der Waals surface area contributed by atoms with Gasteiger partial charge in [0, 0.05) is 0 Å². The summed E-state index contributed by atoms with van der Waals surface area (Å²) >= 11 is 0. The van der Waals surface area contributed by atoms with E-state index in [1.165, 1.54) is 11.1 Å². The summed E-state index contributed by atoms with van der Waals surface area (Å²) in [6, 6.07) is 8.94. The van der Waals surface area contributed by atoms with Crippen LogP contribution in [0.2, 0.25) is 0 Å². The van der Waals surface area contributed by atoms with Crippen molar-refractivity contribution in [2.45, 2.75) is 10.2 Å². The lowest BCUT2D eigenvalue weighted by Crippen LogP contribution is -2.30. The summed E-state index contributed by atoms with van der Waals surface area (Å²) in [5, 5.41) is 0.502. The maximum Gasteiger partial charge on any atom is 0.0955 e. The summed E-state index contributed by atoms with van der Waals surface area (Å²) in [5.41, 5.74) is 2.84. The van der Waals surface area contributed by atoms with E-state index < -0.39 is 0 Å². The van der Waals surface area contributed by atoms with Gasteiger partial charge in [-0.2, -0.15) is 0 Å². The molecule has 14 heavy (non-hydrogen) atoms. The Morgan fingerprint density at radius 3 is 1.36 bits per heavy atom. The molecule has 66 valence electrons. The average molecular weight is 177 g/mol. The van der Waals surface area contributed by atoms with Crippen molar-refractivity contribution in [1.82, 2.24) is 0 Å². The van der Waals surface area contributed by atoms with Crippen molar-refractivity contribution in [3.8, 4) is 0 Å². The molecule has 0 saturated carbocycles. The first-order chi connectivity index (χ1) is 6.21. The predicted molar refractivity (Wildman–Crippen MR) is 81.1 cm³/mol. The van der Waals surface area contributed by atoms with Crippen molar-refractivity contribution in [3.63, 3.8) is 0 Å². The van der Waals surface area contributed by atoms with Crippen molar-refractivity contribution >= 4 is 47.1 Å². The van der Waals surface area contributed by atoms with Crippen LogP contribution < -0.4 is 0 Å². The molecule has 1 rings (SSSR count). The van der Waals surface area contributed by atoms with Gasteiger partial charge < -0.3 is 0 Å². The van der Waals surface area contributed by atoms with Gasteiger partial charge in [-0.15, -0.1) is 0 Å². The molecular weight excluding hydrogens is 161 g/mol. The zero-order valence-corrected chi connectivity index (χ0v) is 10.3. The van der Waals surface area contributed by atoms with Gasteiger partial charge in [0.25, 0.3) is 0 Å². The summed E-state index contributed by atoms with van der Waals surface area (Å²) in [6.07, 6.45) is 0. The van der Waals surface area contributed by atoms with Gasteiger partial charge in [0.1, 0.15) is 0 Å². The van der Waals surface area contributed by atoms with Crippen LogP contribution in [0, 0.1) is 0 Å². The fourth-order valence-electron chi connectivity index (χ4n) is 1.45. The second-order valence-corrected chi connectivity index (χ2v) is 6.08. The Balaban J connectivity index is 3.15. The summed E-state index contributed by atoms with van der Waals surface area (Å²) in [4.78, 5) is 0. The van der Waals surface area contributed by atoms with Crippen LogP contribution in [0.4, 0.5) is 0 Å². The quantitative estimate of drug-likeness (QED) is 0.401. The standard InChI is InChI=1S/C8H16B6/c9-7(10,11)5-2-1-3-6(4-5)8(12,13)14/h1-4H,9-14H2. The van der Waals surface area contributed by atoms with E-state index in [1.54, 1.807) is 0 Å². The fraction of sp³-hybridized carbons (Fsp3) is 0.250. The summed E-state index contributed by atoms with van der Waals surface area (Å²) in [6.45, 7) is 0. The smallest absolute Gasteiger partial charge is 0.0863 e. The van der Waals surface area contributed by atoms with E-state index in [2.05, 4.69) is 71.3 Å². The Morgan fingerprint density at radius 2 is 1.07 bits per heavy atom. The molecule has 0 unspecified atom stereocenters. The zero-order chi connectivity index (χ0) is 11.0. The third-order valence-electron chi connectivity index (χ3n) is 2.59. The minimum atomic E-state index is 0.251. The summed E-state index contributed by atoms with van der Waals surface area (Å²) in [7, 11) is 13.6. The first-order valence-corrected chi connectivity index (χ1v) is 5.32. The fourth-order valence-corrected chi connectivity index (χ4v) is 1.45. The Kier molecular flexibility index (Phi) is 3.04. The van der Waals surface area contributed by atoms with E-state index in [1.807, 2.05) is 0 Å². The van der Waals surface area contributed by atoms with Gasteiger partial charge in [-0.25, -0.2) is 0 Å². The number of rotatable bonds is 2. The maximum absolute atomic E-state index is 2.33. The molecule has 0 spiro atoms. The second kappa shape index (κ2) is 3.64. The highest BCUT2D eigenvalue weighted by atomic mass is 14.1. The van der Waals surface area contributed by atoms with Gasteiger partial charge in [0.15, 0.2) is 0 Å². The Morgan fingerprint density at radius 1 is 0.714 bits per heavy atom. The van der Waals surface area contributed by atoms with Crippen molar-refractivity contribution in [2.75, 3.05) is 0 Å². The molecule has 0 aromatic heterocycles. The van der Waals surface area contributed by atoms with Crippen LogP contribution in [0.3, 0.4) is 0 Å². The highest BCUT2D eigenvalue weighted by molar-refractivity contribution is 6.59. The van der Waals surface area contributed by atoms with Crippen LogP contribution in [-0.4, -0.2) is 47.1 Å². The molecule has 6 heteroatoms. The lowest BCUT2D eigenvalue weighted by molar-refractivity contribution is 1.16. The molecule has 0 radical (unpaired) electrons. The van der Waals surface area contributed by atoms with E-state index in [0.717, 1.165) is 0 Å². The average Bonchev–Trinajstić information content (AvgIpc) is 2.01. The molecule has 0 fully saturated rings. The van der Waals surface area contributed by atoms with Crippen molar-refractivity contribution in [3.05, 3.63) is 35.4 Å². The van der Waals surface area contributed by atoms with Crippen molar-refractivity contribution in [2.24, 2.45) is 0 Å². The molecule has 0 bridgehead atoms. The number of hydrogen-bond acceptors (Lipinski definition) is 0. The van der Waals surface area contributed by atoms with Crippen LogP contribution in [0.5, 0.6) is 0 Å². The first-order valence-electron chi connectivity index (χ1n) is 5.32. The molecular formula is C8H16B6. The molecule has 0 atom stereocenters. The highest BCUT2D eigenvalue weighted by Crippen LogP contribution is 2.19. The molecule has 1 aromatic rings. The van der Waals surface area contributed by atoms with E-state index in [4.69, 9.17) is 0 Å². The maximum atomic E-state index is 2.33. The zero-order valence-electron chi connectivity index (χ0n) is 10.3. The molecule has 0 aliphatic carbocycles. The van der Waals surface area contributed by atoms with Crippen LogP contribution in [0.1, 0.15) is 11.1 Å². The SMILES string of the molecule is BC(B)(B)c1cccc(C(B)(B)B)c1. The highest BCUT2D eigenvalue weighted by Gasteiger charge is 2.18. The third-order valence-corrected chi connectivity index (χ3v) is 2.59. The van der Waals surface area contributed by atoms with Gasteiger partial charge in [-0.3, -0.25) is 0 Å². The van der Waals surface area contributed by atoms with E-state index in [-0.39, 0.29) is 10.2 Å². The van der Waals surface area contributed by atoms with Gasteiger partial charge in [0.05, 0.1) is 47.1 Å². The molecule has 0 saturated heterocycles. The Bertz CT molecular complexity index is 292. The van der Waals surface area contributed by atoms with Crippen LogP contribution in [0.15, 0.2) is 24.3 Å². The van der Waals surface area contributed by atoms with Crippen molar-refractivity contribution in [1.29, 1.82) is 0 Å². The van der Waals surface area contributed by atoms with Crippen molar-refractivity contribution < 1.29 is 0 Å². The summed E-state index contributed by atoms with van der Waals surface area (Å²) in [5.74, 6) is 0. The van der Waals surface area contributed by atoms with Crippen LogP contribution >= 0.6 is 0 Å². The van der Waals surface area contributed by atoms with Gasteiger partial charge >= 0.3 is 0 Å². The lowest BCUT2D eigenvalue weighted by Gasteiger charge is -2.24. The topological polar surface area (TPSA) is 0 Å². The molecule has 0 nitrogen and oxygen atoms in total. The number of hydrogen-bond donors (Lipinski definition) is 0. The minimum absolute atomic E-state index is 0.251. The lowest BCUT2D eigenvalue weighted by atomic mass is 9.38. The van der Waals surface area contributed by atoms with Crippen LogP contribution in [0.25, 0.3) is 0 Å². The van der Waals surface area contributed by atoms with E-state index in [0.29, 0.717) is 0 Å². The Labute approximate surface area is 93.1 Å². The Hall–Kier alpha value is -0.390. The summed E-state index contributed by atoms with van der Waals surface area (Å²) < 4.78 is 0. The molecule has 0 amide bonds. The minimum Gasteiger partial charge on any atom is -0.0863 e. The van der Waals surface area contributed by atoms with E-state index >= 15 is 0 Å². The van der Waals surface area contributed by atoms with Gasteiger partial charge in [-0.05, 0) is 0 Å². The molecule has 0 N–H and O–H groups in total. The molecule has 0 aliphatic heterocycles. The van der Waals surface area contributed by atoms with E-state index in [9.17, 15) is 0 Å². The largest absolute Gasteiger partial charge is 0.0955 e. The number of benzene rings is 1. The first kappa shape index (κ1) is 11.7. The monoisotopic (exact) mass is 178 g/mol.